The molecule has 0 aromatic rings. The van der Waals surface area contributed by atoms with Crippen LogP contribution in [0.15, 0.2) is 0 Å². The zero-order chi connectivity index (χ0) is 8.91. The largest absolute Gasteiger partial charge is 0.385 e. The predicted molar refractivity (Wildman–Crippen MR) is 48.5 cm³/mol. The topological polar surface area (TPSA) is 35.2 Å². The smallest absolute Gasteiger partial charge is 0.0462 e. The van der Waals surface area contributed by atoms with E-state index in [1.54, 1.807) is 7.11 Å². The van der Waals surface area contributed by atoms with Crippen molar-refractivity contribution in [2.75, 3.05) is 13.7 Å². The van der Waals surface area contributed by atoms with Gasteiger partial charge in [0, 0.05) is 19.3 Å². The summed E-state index contributed by atoms with van der Waals surface area (Å²) in [6, 6.07) is 0. The molecule has 1 atom stereocenters. The van der Waals surface area contributed by atoms with Gasteiger partial charge in [-0.25, -0.2) is 0 Å². The number of rotatable bonds is 5. The number of methoxy groups -OCH3 is 1. The van der Waals surface area contributed by atoms with E-state index in [0.717, 1.165) is 19.4 Å². The zero-order valence-electron chi connectivity index (χ0n) is 8.18. The van der Waals surface area contributed by atoms with Crippen molar-refractivity contribution >= 4 is 0 Å². The summed E-state index contributed by atoms with van der Waals surface area (Å²) in [5.74, 6) is 0.541. The molecule has 2 heteroatoms. The fourth-order valence-electron chi connectivity index (χ4n) is 0.886. The number of hydrogen-bond acceptors (Lipinski definition) is 2. The lowest BCUT2D eigenvalue weighted by molar-refractivity contribution is 0.177. The lowest BCUT2D eigenvalue weighted by Gasteiger charge is -2.28. The van der Waals surface area contributed by atoms with Crippen molar-refractivity contribution in [3.05, 3.63) is 0 Å². The van der Waals surface area contributed by atoms with Gasteiger partial charge in [0.15, 0.2) is 0 Å². The molecule has 0 saturated carbocycles. The van der Waals surface area contributed by atoms with Crippen LogP contribution in [0, 0.1) is 5.92 Å². The standard InChI is InChI=1S/C9H21NO/c1-8(2)9(3,10)6-5-7-11-4/h8H,5-7,10H2,1-4H3. The molecule has 0 saturated heterocycles. The molecule has 0 aliphatic heterocycles. The van der Waals surface area contributed by atoms with Gasteiger partial charge in [0.1, 0.15) is 0 Å². The third kappa shape index (κ3) is 4.38. The number of hydrogen-bond donors (Lipinski definition) is 1. The van der Waals surface area contributed by atoms with E-state index >= 15 is 0 Å². The molecule has 11 heavy (non-hydrogen) atoms. The van der Waals surface area contributed by atoms with Gasteiger partial charge in [-0.05, 0) is 25.7 Å². The Kier molecular flexibility index (Phi) is 4.69. The highest BCUT2D eigenvalue weighted by Gasteiger charge is 2.21. The predicted octanol–water partition coefficient (Wildman–Crippen LogP) is 1.79. The van der Waals surface area contributed by atoms with Gasteiger partial charge >= 0.3 is 0 Å². The second-order valence-electron chi connectivity index (χ2n) is 3.76. The van der Waals surface area contributed by atoms with E-state index in [4.69, 9.17) is 10.5 Å². The number of ether oxygens (including phenoxy) is 1. The van der Waals surface area contributed by atoms with Crippen LogP contribution in [0.1, 0.15) is 33.6 Å². The Morgan fingerprint density at radius 2 is 2.00 bits per heavy atom. The maximum atomic E-state index is 6.04. The second-order valence-corrected chi connectivity index (χ2v) is 3.76. The summed E-state index contributed by atoms with van der Waals surface area (Å²) in [6.07, 6.45) is 2.10. The Morgan fingerprint density at radius 1 is 1.45 bits per heavy atom. The molecule has 0 aliphatic carbocycles. The van der Waals surface area contributed by atoms with Gasteiger partial charge in [0.2, 0.25) is 0 Å². The Bertz CT molecular complexity index is 99.7. The van der Waals surface area contributed by atoms with Crippen LogP contribution in [0.3, 0.4) is 0 Å². The van der Waals surface area contributed by atoms with Crippen molar-refractivity contribution in [3.8, 4) is 0 Å². The first kappa shape index (κ1) is 10.9. The van der Waals surface area contributed by atoms with Crippen molar-refractivity contribution in [3.63, 3.8) is 0 Å². The van der Waals surface area contributed by atoms with Crippen LogP contribution in [0.25, 0.3) is 0 Å². The molecule has 0 bridgehead atoms. The van der Waals surface area contributed by atoms with E-state index in [0.29, 0.717) is 5.92 Å². The SMILES string of the molecule is COCCCC(C)(N)C(C)C. The second kappa shape index (κ2) is 4.73. The molecule has 0 radical (unpaired) electrons. The van der Waals surface area contributed by atoms with Crippen molar-refractivity contribution in [2.45, 2.75) is 39.2 Å². The minimum absolute atomic E-state index is 0.0292. The molecular formula is C9H21NO. The molecule has 0 spiro atoms. The van der Waals surface area contributed by atoms with Gasteiger partial charge < -0.3 is 10.5 Å². The highest BCUT2D eigenvalue weighted by Crippen LogP contribution is 2.18. The van der Waals surface area contributed by atoms with Crippen LogP contribution in [-0.4, -0.2) is 19.3 Å². The average molecular weight is 159 g/mol. The third-order valence-electron chi connectivity index (χ3n) is 2.38. The first-order valence-electron chi connectivity index (χ1n) is 4.28. The summed E-state index contributed by atoms with van der Waals surface area (Å²) in [5.41, 5.74) is 6.02. The monoisotopic (exact) mass is 159 g/mol. The quantitative estimate of drug-likeness (QED) is 0.621. The van der Waals surface area contributed by atoms with Crippen LogP contribution < -0.4 is 5.73 Å². The molecule has 0 aliphatic rings. The van der Waals surface area contributed by atoms with E-state index in [-0.39, 0.29) is 5.54 Å². The van der Waals surface area contributed by atoms with Gasteiger partial charge in [-0.2, -0.15) is 0 Å². The summed E-state index contributed by atoms with van der Waals surface area (Å²) in [4.78, 5) is 0. The summed E-state index contributed by atoms with van der Waals surface area (Å²) in [6.45, 7) is 7.24. The Hall–Kier alpha value is -0.0800. The van der Waals surface area contributed by atoms with Crippen molar-refractivity contribution in [1.29, 1.82) is 0 Å². The minimum Gasteiger partial charge on any atom is -0.385 e. The molecule has 2 N–H and O–H groups in total. The van der Waals surface area contributed by atoms with E-state index in [9.17, 15) is 0 Å². The van der Waals surface area contributed by atoms with Crippen LogP contribution in [0.5, 0.6) is 0 Å². The maximum Gasteiger partial charge on any atom is 0.0462 e. The molecule has 0 amide bonds. The fourth-order valence-corrected chi connectivity index (χ4v) is 0.886. The van der Waals surface area contributed by atoms with Crippen LogP contribution in [0.2, 0.25) is 0 Å². The van der Waals surface area contributed by atoms with Gasteiger partial charge in [0.05, 0.1) is 0 Å². The maximum absolute atomic E-state index is 6.04. The highest BCUT2D eigenvalue weighted by molar-refractivity contribution is 4.81. The van der Waals surface area contributed by atoms with Gasteiger partial charge in [-0.3, -0.25) is 0 Å². The molecule has 0 fully saturated rings. The summed E-state index contributed by atoms with van der Waals surface area (Å²) < 4.78 is 4.96. The summed E-state index contributed by atoms with van der Waals surface area (Å²) in [7, 11) is 1.73. The molecule has 0 aromatic heterocycles. The third-order valence-corrected chi connectivity index (χ3v) is 2.38. The molecule has 0 aromatic carbocycles. The number of nitrogens with two attached hydrogens (primary N) is 1. The first-order valence-corrected chi connectivity index (χ1v) is 4.28. The van der Waals surface area contributed by atoms with E-state index in [1.165, 1.54) is 0 Å². The zero-order valence-corrected chi connectivity index (χ0v) is 8.18. The van der Waals surface area contributed by atoms with E-state index < -0.39 is 0 Å². The molecular weight excluding hydrogens is 138 g/mol. The fraction of sp³-hybridized carbons (Fsp3) is 1.00. The van der Waals surface area contributed by atoms with E-state index in [1.807, 2.05) is 0 Å². The Morgan fingerprint density at radius 3 is 2.36 bits per heavy atom. The van der Waals surface area contributed by atoms with Crippen LogP contribution >= 0.6 is 0 Å². The molecule has 68 valence electrons. The van der Waals surface area contributed by atoms with Crippen LogP contribution in [0.4, 0.5) is 0 Å². The van der Waals surface area contributed by atoms with Crippen LogP contribution in [-0.2, 0) is 4.74 Å². The summed E-state index contributed by atoms with van der Waals surface area (Å²) >= 11 is 0. The molecule has 2 nitrogen and oxygen atoms in total. The average Bonchev–Trinajstić information content (AvgIpc) is 1.88. The Balaban J connectivity index is 3.55. The van der Waals surface area contributed by atoms with Gasteiger partial charge in [-0.1, -0.05) is 13.8 Å². The highest BCUT2D eigenvalue weighted by atomic mass is 16.5. The lowest BCUT2D eigenvalue weighted by atomic mass is 9.85. The van der Waals surface area contributed by atoms with Crippen molar-refractivity contribution in [1.82, 2.24) is 0 Å². The molecule has 1 unspecified atom stereocenters. The van der Waals surface area contributed by atoms with Crippen molar-refractivity contribution in [2.24, 2.45) is 11.7 Å². The lowest BCUT2D eigenvalue weighted by Crippen LogP contribution is -2.41. The van der Waals surface area contributed by atoms with Gasteiger partial charge in [0.25, 0.3) is 0 Å². The molecule has 0 rings (SSSR count). The van der Waals surface area contributed by atoms with Gasteiger partial charge in [-0.15, -0.1) is 0 Å². The van der Waals surface area contributed by atoms with E-state index in [2.05, 4.69) is 20.8 Å². The minimum atomic E-state index is -0.0292. The normalized spacial score (nSPS) is 16.9. The van der Waals surface area contributed by atoms with Crippen molar-refractivity contribution < 1.29 is 4.74 Å². The molecule has 0 heterocycles. The Labute approximate surface area is 70.1 Å². The first-order chi connectivity index (χ1) is 5.00. The summed E-state index contributed by atoms with van der Waals surface area (Å²) in [5, 5.41) is 0.